The van der Waals surface area contributed by atoms with Crippen LogP contribution in [0.2, 0.25) is 0 Å². The molecule has 0 aromatic carbocycles. The minimum Gasteiger partial charge on any atom is -0.358 e. The Labute approximate surface area is 97.7 Å². The van der Waals surface area contributed by atoms with Crippen molar-refractivity contribution in [3.63, 3.8) is 0 Å². The first-order valence-corrected chi connectivity index (χ1v) is 7.01. The molecule has 0 spiro atoms. The average molecular weight is 247 g/mol. The number of allylic oxidation sites excluding steroid dienone is 1. The van der Waals surface area contributed by atoms with E-state index in [-0.39, 0.29) is 16.8 Å². The Morgan fingerprint density at radius 3 is 2.80 bits per heavy atom. The number of methoxy groups -OCH3 is 1. The van der Waals surface area contributed by atoms with E-state index in [1.54, 1.807) is 7.11 Å². The normalized spacial score (nSPS) is 28.0. The molecule has 0 amide bonds. The van der Waals surface area contributed by atoms with E-state index in [2.05, 4.69) is 5.32 Å². The van der Waals surface area contributed by atoms with Gasteiger partial charge in [-0.3, -0.25) is 0 Å². The first kappa shape index (κ1) is 11.4. The summed E-state index contributed by atoms with van der Waals surface area (Å²) in [5.41, 5.74) is 0.762. The van der Waals surface area contributed by atoms with E-state index >= 15 is 0 Å². The summed E-state index contributed by atoms with van der Waals surface area (Å²) >= 11 is 3.63. The van der Waals surface area contributed by atoms with Gasteiger partial charge in [0.15, 0.2) is 5.95 Å². The second kappa shape index (κ2) is 5.27. The molecular formula is C10H14FNOS2. The molecule has 15 heavy (non-hydrogen) atoms. The molecule has 0 bridgehead atoms. The van der Waals surface area contributed by atoms with Gasteiger partial charge in [-0.05, 0) is 24.0 Å². The van der Waals surface area contributed by atoms with Gasteiger partial charge in [-0.1, -0.05) is 6.08 Å². The number of hydrogen-bond donors (Lipinski definition) is 1. The van der Waals surface area contributed by atoms with Crippen LogP contribution in [-0.4, -0.2) is 29.4 Å². The second-order valence-corrected chi connectivity index (χ2v) is 6.08. The lowest BCUT2D eigenvalue weighted by atomic mass is 10.2. The highest BCUT2D eigenvalue weighted by molar-refractivity contribution is 8.17. The molecule has 1 saturated heterocycles. The first-order chi connectivity index (χ1) is 7.31. The molecule has 0 radical (unpaired) electrons. The maximum absolute atomic E-state index is 13.7. The quantitative estimate of drug-likeness (QED) is 0.757. The van der Waals surface area contributed by atoms with Gasteiger partial charge in [0.2, 0.25) is 0 Å². The largest absolute Gasteiger partial charge is 0.358 e. The van der Waals surface area contributed by atoms with Gasteiger partial charge in [0.25, 0.3) is 0 Å². The Hall–Kier alpha value is -0.130. The van der Waals surface area contributed by atoms with Gasteiger partial charge < -0.3 is 10.1 Å². The molecule has 1 unspecified atom stereocenters. The molecule has 1 atom stereocenters. The average Bonchev–Trinajstić information content (AvgIpc) is 2.30. The fourth-order valence-corrected chi connectivity index (χ4v) is 4.43. The monoisotopic (exact) mass is 247 g/mol. The molecule has 2 nitrogen and oxygen atoms in total. The Morgan fingerprint density at radius 2 is 2.20 bits per heavy atom. The predicted octanol–water partition coefficient (Wildman–Crippen LogP) is 2.50. The molecule has 0 aliphatic carbocycles. The molecular weight excluding hydrogens is 233 g/mol. The molecule has 2 heterocycles. The van der Waals surface area contributed by atoms with Crippen molar-refractivity contribution < 1.29 is 9.13 Å². The van der Waals surface area contributed by atoms with Crippen LogP contribution in [0.4, 0.5) is 4.39 Å². The van der Waals surface area contributed by atoms with Crippen molar-refractivity contribution in [2.75, 3.05) is 18.6 Å². The van der Waals surface area contributed by atoms with Crippen LogP contribution in [0.5, 0.6) is 0 Å². The molecule has 0 aromatic rings. The summed E-state index contributed by atoms with van der Waals surface area (Å²) in [5.74, 6) is 2.00. The highest BCUT2D eigenvalue weighted by atomic mass is 32.2. The summed E-state index contributed by atoms with van der Waals surface area (Å²) in [6.45, 7) is 0. The van der Waals surface area contributed by atoms with Crippen molar-refractivity contribution in [3.8, 4) is 0 Å². The van der Waals surface area contributed by atoms with E-state index in [1.165, 1.54) is 6.42 Å². The van der Waals surface area contributed by atoms with Gasteiger partial charge in [-0.15, -0.1) is 23.5 Å². The van der Waals surface area contributed by atoms with E-state index in [0.717, 1.165) is 17.1 Å². The molecule has 0 aromatic heterocycles. The highest BCUT2D eigenvalue weighted by Crippen LogP contribution is 2.38. The standard InChI is InChI=1S/C10H14FNOS2/c1-13-8-4-3-7(9(11)12-8)10-14-5-2-6-15-10/h3-4,8,10,12H,2,5-6H2,1H3. The third kappa shape index (κ3) is 2.71. The summed E-state index contributed by atoms with van der Waals surface area (Å²) < 4.78 is 18.9. The molecule has 1 fully saturated rings. The lowest BCUT2D eigenvalue weighted by molar-refractivity contribution is 0.112. The fraction of sp³-hybridized carbons (Fsp3) is 0.600. The van der Waals surface area contributed by atoms with Gasteiger partial charge in [-0.2, -0.15) is 4.39 Å². The van der Waals surface area contributed by atoms with Crippen LogP contribution in [0.1, 0.15) is 6.42 Å². The van der Waals surface area contributed by atoms with Crippen molar-refractivity contribution >= 4 is 23.5 Å². The Kier molecular flexibility index (Phi) is 3.99. The molecule has 2 aliphatic rings. The zero-order valence-electron chi connectivity index (χ0n) is 8.53. The van der Waals surface area contributed by atoms with Crippen LogP contribution in [0.25, 0.3) is 0 Å². The Balaban J connectivity index is 2.05. The zero-order valence-corrected chi connectivity index (χ0v) is 10.2. The molecule has 2 aliphatic heterocycles. The smallest absolute Gasteiger partial charge is 0.194 e. The SMILES string of the molecule is COC1C=CC(C2SCCCS2)=C(F)N1. The van der Waals surface area contributed by atoms with Gasteiger partial charge in [0.1, 0.15) is 6.23 Å². The van der Waals surface area contributed by atoms with Gasteiger partial charge in [0.05, 0.1) is 4.58 Å². The lowest BCUT2D eigenvalue weighted by Gasteiger charge is -2.26. The number of halogens is 1. The van der Waals surface area contributed by atoms with Gasteiger partial charge in [0, 0.05) is 12.7 Å². The first-order valence-electron chi connectivity index (χ1n) is 4.91. The van der Waals surface area contributed by atoms with Crippen LogP contribution >= 0.6 is 23.5 Å². The molecule has 0 saturated carbocycles. The van der Waals surface area contributed by atoms with Crippen molar-refractivity contribution in [2.24, 2.45) is 0 Å². The van der Waals surface area contributed by atoms with Crippen LogP contribution in [0, 0.1) is 0 Å². The number of thioether (sulfide) groups is 2. The van der Waals surface area contributed by atoms with E-state index < -0.39 is 0 Å². The third-order valence-corrected chi connectivity index (χ3v) is 5.29. The van der Waals surface area contributed by atoms with E-state index in [1.807, 2.05) is 35.7 Å². The maximum atomic E-state index is 13.7. The Morgan fingerprint density at radius 1 is 1.47 bits per heavy atom. The number of rotatable bonds is 2. The molecule has 2 rings (SSSR count). The minimum atomic E-state index is -0.327. The van der Waals surface area contributed by atoms with Crippen LogP contribution < -0.4 is 5.32 Å². The third-order valence-electron chi connectivity index (χ3n) is 2.31. The number of ether oxygens (including phenoxy) is 1. The minimum absolute atomic E-state index is 0.236. The summed E-state index contributed by atoms with van der Waals surface area (Å²) in [5, 5.41) is 2.69. The van der Waals surface area contributed by atoms with Crippen LogP contribution in [-0.2, 0) is 4.74 Å². The van der Waals surface area contributed by atoms with Gasteiger partial charge >= 0.3 is 0 Å². The zero-order chi connectivity index (χ0) is 10.7. The van der Waals surface area contributed by atoms with Crippen molar-refractivity contribution in [2.45, 2.75) is 17.2 Å². The van der Waals surface area contributed by atoms with E-state index in [9.17, 15) is 4.39 Å². The molecule has 1 N–H and O–H groups in total. The molecule has 5 heteroatoms. The summed E-state index contributed by atoms with van der Waals surface area (Å²) in [7, 11) is 1.56. The number of nitrogens with one attached hydrogen (secondary N) is 1. The fourth-order valence-electron chi connectivity index (χ4n) is 1.51. The lowest BCUT2D eigenvalue weighted by Crippen LogP contribution is -2.31. The number of dihydropyridines is 1. The summed E-state index contributed by atoms with van der Waals surface area (Å²) in [4.78, 5) is 0. The van der Waals surface area contributed by atoms with Crippen molar-refractivity contribution in [1.82, 2.24) is 5.32 Å². The maximum Gasteiger partial charge on any atom is 0.194 e. The summed E-state index contributed by atoms with van der Waals surface area (Å²) in [6, 6.07) is 0. The molecule has 84 valence electrons. The Bertz CT molecular complexity index is 287. The van der Waals surface area contributed by atoms with E-state index in [4.69, 9.17) is 4.74 Å². The van der Waals surface area contributed by atoms with Gasteiger partial charge in [-0.25, -0.2) is 0 Å². The predicted molar refractivity (Wildman–Crippen MR) is 64.5 cm³/mol. The summed E-state index contributed by atoms with van der Waals surface area (Å²) in [6.07, 6.45) is 4.59. The van der Waals surface area contributed by atoms with Crippen molar-refractivity contribution in [1.29, 1.82) is 0 Å². The highest BCUT2D eigenvalue weighted by Gasteiger charge is 2.24. The van der Waals surface area contributed by atoms with Crippen LogP contribution in [0.15, 0.2) is 23.7 Å². The number of hydrogen-bond acceptors (Lipinski definition) is 4. The topological polar surface area (TPSA) is 21.3 Å². The second-order valence-electron chi connectivity index (χ2n) is 3.36. The van der Waals surface area contributed by atoms with E-state index in [0.29, 0.717) is 0 Å². The van der Waals surface area contributed by atoms with Crippen molar-refractivity contribution in [3.05, 3.63) is 23.7 Å². The van der Waals surface area contributed by atoms with Crippen LogP contribution in [0.3, 0.4) is 0 Å².